The van der Waals surface area contributed by atoms with Gasteiger partial charge in [0, 0.05) is 11.5 Å². The Hall–Kier alpha value is -0.0500. The molecule has 4 atom stereocenters. The van der Waals surface area contributed by atoms with Crippen molar-refractivity contribution in [1.82, 2.24) is 4.90 Å². The molecule has 0 bridgehead atoms. The Morgan fingerprint density at radius 3 is 2.80 bits per heavy atom. The molecule has 3 aliphatic heterocycles. The van der Waals surface area contributed by atoms with E-state index in [0.717, 1.165) is 12.8 Å². The number of rotatable bonds is 3. The Bertz CT molecular complexity index is 474. The molecule has 8 heteroatoms. The van der Waals surface area contributed by atoms with Crippen molar-refractivity contribution in [3.05, 3.63) is 10.6 Å². The van der Waals surface area contributed by atoms with Crippen molar-refractivity contribution in [3.63, 3.8) is 0 Å². The van der Waals surface area contributed by atoms with E-state index in [1.807, 2.05) is 0 Å². The summed E-state index contributed by atoms with van der Waals surface area (Å²) in [5.74, 6) is -2.24. The third-order valence-electron chi connectivity index (χ3n) is 3.74. The van der Waals surface area contributed by atoms with Gasteiger partial charge < -0.3 is 19.7 Å². The average molecular weight is 307 g/mol. The first-order valence-electron chi connectivity index (χ1n) is 6.27. The maximum atomic E-state index is 11.9. The number of aliphatic carboxylic acids is 1. The van der Waals surface area contributed by atoms with Gasteiger partial charge >= 0.3 is 29.6 Å². The summed E-state index contributed by atoms with van der Waals surface area (Å²) in [7, 11) is 0. The first-order valence-corrected chi connectivity index (χ1v) is 7.15. The number of hydrogen-bond donors (Lipinski definition) is 1. The topological polar surface area (TPSA) is 89.9 Å². The van der Waals surface area contributed by atoms with Crippen molar-refractivity contribution in [3.8, 4) is 0 Å². The summed E-state index contributed by atoms with van der Waals surface area (Å²) in [6, 6.07) is 0. The van der Waals surface area contributed by atoms with Gasteiger partial charge in [-0.2, -0.15) is 0 Å². The van der Waals surface area contributed by atoms with E-state index >= 15 is 0 Å². The number of hydrogen-bond acceptors (Lipinski definition) is 6. The Kier molecular flexibility index (Phi) is 4.88. The average Bonchev–Trinajstić information content (AvgIpc) is 2.92. The van der Waals surface area contributed by atoms with Crippen LogP contribution in [0.3, 0.4) is 0 Å². The van der Waals surface area contributed by atoms with Crippen LogP contribution in [-0.2, 0) is 14.3 Å². The van der Waals surface area contributed by atoms with E-state index in [2.05, 4.69) is 0 Å². The van der Waals surface area contributed by atoms with Crippen molar-refractivity contribution in [1.29, 1.82) is 0 Å². The number of nitrogens with zero attached hydrogens (tertiary/aromatic N) is 1. The fourth-order valence-corrected chi connectivity index (χ4v) is 4.51. The predicted molar refractivity (Wildman–Crippen MR) is 64.4 cm³/mol. The second kappa shape index (κ2) is 5.98. The minimum atomic E-state index is -1.35. The number of thioether (sulfide) groups is 1. The molecule has 1 unspecified atom stereocenters. The van der Waals surface area contributed by atoms with E-state index in [-0.39, 0.29) is 52.6 Å². The van der Waals surface area contributed by atoms with Crippen LogP contribution in [0.25, 0.3) is 0 Å². The van der Waals surface area contributed by atoms with E-state index in [4.69, 9.17) is 4.74 Å². The van der Waals surface area contributed by atoms with E-state index in [0.29, 0.717) is 11.5 Å². The number of aliphatic hydroxyl groups is 1. The Morgan fingerprint density at radius 1 is 1.60 bits per heavy atom. The molecule has 0 saturated carbocycles. The molecule has 20 heavy (non-hydrogen) atoms. The van der Waals surface area contributed by atoms with Gasteiger partial charge in [-0.1, -0.05) is 11.8 Å². The Morgan fingerprint density at radius 2 is 2.30 bits per heavy atom. The molecule has 104 valence electrons. The van der Waals surface area contributed by atoms with Gasteiger partial charge in [-0.25, -0.2) is 0 Å². The second-order valence-electron chi connectivity index (χ2n) is 4.99. The molecule has 2 saturated heterocycles. The fraction of sp³-hybridized carbons (Fsp3) is 0.667. The zero-order chi connectivity index (χ0) is 13.7. The number of ether oxygens (including phenoxy) is 1. The van der Waals surface area contributed by atoms with Gasteiger partial charge in [0.25, 0.3) is 0 Å². The molecule has 2 fully saturated rings. The van der Waals surface area contributed by atoms with Gasteiger partial charge in [-0.05, 0) is 19.8 Å². The number of amides is 1. The minimum absolute atomic E-state index is 0. The van der Waals surface area contributed by atoms with Crippen LogP contribution < -0.4 is 34.7 Å². The molecule has 0 aromatic heterocycles. The van der Waals surface area contributed by atoms with Gasteiger partial charge in [0.15, 0.2) is 0 Å². The second-order valence-corrected chi connectivity index (χ2v) is 6.14. The summed E-state index contributed by atoms with van der Waals surface area (Å²) in [4.78, 5) is 25.0. The molecule has 1 amide bonds. The summed E-state index contributed by atoms with van der Waals surface area (Å²) in [5.41, 5.74) is -0.0659. The van der Waals surface area contributed by atoms with Gasteiger partial charge in [-0.3, -0.25) is 9.69 Å². The number of carbonyl (C=O) groups excluding carboxylic acids is 2. The molecule has 0 spiro atoms. The number of carbonyl (C=O) groups is 2. The van der Waals surface area contributed by atoms with Crippen LogP contribution in [0.4, 0.5) is 0 Å². The van der Waals surface area contributed by atoms with Crippen LogP contribution in [0.5, 0.6) is 0 Å². The molecule has 0 aliphatic carbocycles. The van der Waals surface area contributed by atoms with Gasteiger partial charge in [0.2, 0.25) is 5.91 Å². The standard InChI is InChI=1S/C12H15NO5S.Na/c1-5(14)7-10(15)13-8(12(16)17)9(19-11(7)13)6-3-2-4-18-6;/h5-7,11,14H,2-4H2,1H3,(H,16,17);/q;+1/p-1/t5-,6-,7?,11-;/m1./s1. The number of fused-ring (bicyclic) bond motifs is 1. The van der Waals surface area contributed by atoms with Crippen molar-refractivity contribution in [2.75, 3.05) is 6.61 Å². The largest absolute Gasteiger partial charge is 1.00 e. The molecule has 6 nitrogen and oxygen atoms in total. The molecular formula is C12H14NNaO5S. The maximum Gasteiger partial charge on any atom is 1.00 e. The number of aliphatic hydroxyl groups excluding tert-OH is 1. The van der Waals surface area contributed by atoms with Crippen LogP contribution in [-0.4, -0.2) is 46.1 Å². The molecular weight excluding hydrogens is 293 g/mol. The third-order valence-corrected chi connectivity index (χ3v) is 5.20. The SMILES string of the molecule is C[C@@H](O)C1C(=O)N2C(C(=O)[O-])=C([C@H]3CCCO3)S[C@H]12.[Na+]. The van der Waals surface area contributed by atoms with Crippen molar-refractivity contribution < 1.29 is 54.1 Å². The van der Waals surface area contributed by atoms with Crippen LogP contribution in [0.15, 0.2) is 10.6 Å². The van der Waals surface area contributed by atoms with Gasteiger partial charge in [-0.15, -0.1) is 0 Å². The van der Waals surface area contributed by atoms with Crippen LogP contribution in [0.1, 0.15) is 19.8 Å². The van der Waals surface area contributed by atoms with Crippen molar-refractivity contribution >= 4 is 23.6 Å². The first-order chi connectivity index (χ1) is 9.02. The monoisotopic (exact) mass is 307 g/mol. The Labute approximate surface area is 142 Å². The molecule has 0 aromatic rings. The van der Waals surface area contributed by atoms with E-state index in [9.17, 15) is 19.8 Å². The Balaban J connectivity index is 0.00000147. The van der Waals surface area contributed by atoms with Crippen molar-refractivity contribution in [2.24, 2.45) is 5.92 Å². The van der Waals surface area contributed by atoms with E-state index in [1.54, 1.807) is 6.92 Å². The summed E-state index contributed by atoms with van der Waals surface area (Å²) in [6.07, 6.45) is 0.597. The maximum absolute atomic E-state index is 11.9. The fourth-order valence-electron chi connectivity index (χ4n) is 2.81. The number of carboxylic acid groups (broad SMARTS) is 1. The minimum Gasteiger partial charge on any atom is -0.543 e. The summed E-state index contributed by atoms with van der Waals surface area (Å²) >= 11 is 1.31. The molecule has 3 heterocycles. The van der Waals surface area contributed by atoms with Crippen LogP contribution in [0.2, 0.25) is 0 Å². The molecule has 0 radical (unpaired) electrons. The summed E-state index contributed by atoms with van der Waals surface area (Å²) < 4.78 is 5.50. The van der Waals surface area contributed by atoms with Crippen LogP contribution in [0, 0.1) is 5.92 Å². The number of β-lactam (4-membered cyclic amide) rings is 1. The quantitative estimate of drug-likeness (QED) is 0.423. The molecule has 3 rings (SSSR count). The molecule has 3 aliphatic rings. The first kappa shape index (κ1) is 16.3. The van der Waals surface area contributed by atoms with E-state index in [1.165, 1.54) is 16.7 Å². The van der Waals surface area contributed by atoms with Crippen LogP contribution >= 0.6 is 11.8 Å². The van der Waals surface area contributed by atoms with E-state index < -0.39 is 18.0 Å². The normalized spacial score (nSPS) is 33.6. The molecule has 1 N–H and O–H groups in total. The zero-order valence-corrected chi connectivity index (χ0v) is 14.2. The predicted octanol–water partition coefficient (Wildman–Crippen LogP) is -3.96. The third kappa shape index (κ3) is 2.34. The molecule has 0 aromatic carbocycles. The van der Waals surface area contributed by atoms with Gasteiger partial charge in [0.05, 0.1) is 29.8 Å². The summed E-state index contributed by atoms with van der Waals surface area (Å²) in [5, 5.41) is 20.5. The van der Waals surface area contributed by atoms with Gasteiger partial charge in [0.1, 0.15) is 5.37 Å². The summed E-state index contributed by atoms with van der Waals surface area (Å²) in [6.45, 7) is 2.15. The zero-order valence-electron chi connectivity index (χ0n) is 11.4. The smallest absolute Gasteiger partial charge is 0.543 e. The number of carboxylic acids is 1. The van der Waals surface area contributed by atoms with Crippen molar-refractivity contribution in [2.45, 2.75) is 37.3 Å².